The highest BCUT2D eigenvalue weighted by molar-refractivity contribution is 6.30. The summed E-state index contributed by atoms with van der Waals surface area (Å²) in [5.74, 6) is 1.50. The van der Waals surface area contributed by atoms with E-state index in [-0.39, 0.29) is 24.4 Å². The molecule has 1 fully saturated rings. The fourth-order valence-electron chi connectivity index (χ4n) is 4.07. The van der Waals surface area contributed by atoms with Gasteiger partial charge in [-0.2, -0.15) is 5.10 Å². The maximum atomic E-state index is 12.9. The number of nitrogens with zero attached hydrogens (tertiary/aromatic N) is 4. The molecule has 9 heteroatoms. The van der Waals surface area contributed by atoms with Gasteiger partial charge in [-0.25, -0.2) is 0 Å². The number of hydrogen-bond donors (Lipinski definition) is 0. The zero-order valence-corrected chi connectivity index (χ0v) is 22.6. The normalized spacial score (nSPS) is 14.2. The summed E-state index contributed by atoms with van der Waals surface area (Å²) in [5.41, 5.74) is 3.00. The van der Waals surface area contributed by atoms with E-state index in [0.717, 1.165) is 35.7 Å². The molecule has 0 atom stereocenters. The quantitative estimate of drug-likeness (QED) is 0.369. The van der Waals surface area contributed by atoms with Gasteiger partial charge in [-0.15, -0.1) is 12.4 Å². The molecular formula is C27H34Cl2N4O3. The number of hydrogen-bond acceptors (Lipinski definition) is 5. The first-order valence-corrected chi connectivity index (χ1v) is 12.4. The van der Waals surface area contributed by atoms with Crippen molar-refractivity contribution in [3.63, 3.8) is 0 Å². The van der Waals surface area contributed by atoms with Crippen LogP contribution in [0.5, 0.6) is 5.75 Å². The summed E-state index contributed by atoms with van der Waals surface area (Å²) in [4.78, 5) is 16.8. The summed E-state index contributed by atoms with van der Waals surface area (Å²) in [6, 6.07) is 17.6. The molecule has 3 aromatic rings. The van der Waals surface area contributed by atoms with Crippen LogP contribution in [0.25, 0.3) is 0 Å². The molecule has 36 heavy (non-hydrogen) atoms. The summed E-state index contributed by atoms with van der Waals surface area (Å²) in [5, 5.41) is 5.40. The molecule has 0 N–H and O–H groups in total. The number of benzene rings is 2. The molecular weight excluding hydrogens is 499 g/mol. The first-order valence-electron chi connectivity index (χ1n) is 12.0. The number of halogens is 2. The number of ether oxygens (including phenoxy) is 2. The lowest BCUT2D eigenvalue weighted by Gasteiger charge is -2.33. The molecule has 1 aromatic heterocycles. The maximum absolute atomic E-state index is 12.9. The molecule has 7 nitrogen and oxygen atoms in total. The molecule has 0 spiro atoms. The van der Waals surface area contributed by atoms with Gasteiger partial charge in [0.25, 0.3) is 0 Å². The Morgan fingerprint density at radius 1 is 1.08 bits per heavy atom. The first-order chi connectivity index (χ1) is 16.9. The molecule has 0 bridgehead atoms. The van der Waals surface area contributed by atoms with E-state index in [0.29, 0.717) is 43.7 Å². The van der Waals surface area contributed by atoms with Crippen molar-refractivity contribution in [3.05, 3.63) is 76.4 Å². The first kappa shape index (κ1) is 28.0. The van der Waals surface area contributed by atoms with Gasteiger partial charge in [-0.3, -0.25) is 19.3 Å². The highest BCUT2D eigenvalue weighted by atomic mass is 35.5. The fraction of sp³-hybridized carbons (Fsp3) is 0.407. The smallest absolute Gasteiger partial charge is 0.242 e. The summed E-state index contributed by atoms with van der Waals surface area (Å²) < 4.78 is 13.6. The summed E-state index contributed by atoms with van der Waals surface area (Å²) >= 11 is 6.30. The third kappa shape index (κ3) is 7.46. The monoisotopic (exact) mass is 532 g/mol. The van der Waals surface area contributed by atoms with Crippen molar-refractivity contribution in [2.24, 2.45) is 0 Å². The molecule has 194 valence electrons. The molecule has 0 aliphatic carbocycles. The zero-order valence-electron chi connectivity index (χ0n) is 21.0. The molecule has 2 aromatic carbocycles. The van der Waals surface area contributed by atoms with Crippen molar-refractivity contribution in [2.45, 2.75) is 40.0 Å². The van der Waals surface area contributed by atoms with E-state index in [4.69, 9.17) is 26.2 Å². The van der Waals surface area contributed by atoms with Gasteiger partial charge in [-0.05, 0) is 44.5 Å². The van der Waals surface area contributed by atoms with E-state index >= 15 is 0 Å². The lowest BCUT2D eigenvalue weighted by molar-refractivity contribution is -0.121. The van der Waals surface area contributed by atoms with Crippen LogP contribution in [-0.2, 0) is 22.7 Å². The van der Waals surface area contributed by atoms with Gasteiger partial charge in [0.1, 0.15) is 12.4 Å². The maximum Gasteiger partial charge on any atom is 0.242 e. The van der Waals surface area contributed by atoms with Crippen LogP contribution in [0.3, 0.4) is 0 Å². The second kappa shape index (κ2) is 13.1. The summed E-state index contributed by atoms with van der Waals surface area (Å²) in [6.45, 7) is 10.2. The zero-order chi connectivity index (χ0) is 24.8. The SMILES string of the molecule is Cc1cc(N2CCN(CCOC(C)C)CC2=O)nn1Cc1cc(Cl)ccc1OCc1ccccc1.Cl. The number of aryl methyl sites for hydroxylation is 1. The molecule has 1 saturated heterocycles. The Morgan fingerprint density at radius 3 is 2.58 bits per heavy atom. The highest BCUT2D eigenvalue weighted by Crippen LogP contribution is 2.26. The fourth-order valence-corrected chi connectivity index (χ4v) is 4.26. The largest absolute Gasteiger partial charge is 0.489 e. The van der Waals surface area contributed by atoms with Gasteiger partial charge in [-0.1, -0.05) is 41.9 Å². The minimum atomic E-state index is 0. The third-order valence-corrected chi connectivity index (χ3v) is 6.22. The Bertz CT molecular complexity index is 1140. The van der Waals surface area contributed by atoms with Crippen molar-refractivity contribution in [1.29, 1.82) is 0 Å². The summed E-state index contributed by atoms with van der Waals surface area (Å²) in [6.07, 6.45) is 0.197. The van der Waals surface area contributed by atoms with Crippen molar-refractivity contribution in [3.8, 4) is 5.75 Å². The van der Waals surface area contributed by atoms with Crippen molar-refractivity contribution < 1.29 is 14.3 Å². The number of aromatic nitrogens is 2. The summed E-state index contributed by atoms with van der Waals surface area (Å²) in [7, 11) is 0. The number of piperazine rings is 1. The van der Waals surface area contributed by atoms with Gasteiger partial charge in [0.15, 0.2) is 5.82 Å². The molecule has 0 saturated carbocycles. The van der Waals surface area contributed by atoms with Crippen molar-refractivity contribution in [2.75, 3.05) is 37.7 Å². The van der Waals surface area contributed by atoms with Gasteiger partial charge in [0, 0.05) is 42.0 Å². The van der Waals surface area contributed by atoms with Crippen LogP contribution in [0.4, 0.5) is 5.82 Å². The van der Waals surface area contributed by atoms with Gasteiger partial charge in [0.2, 0.25) is 5.91 Å². The van der Waals surface area contributed by atoms with Crippen LogP contribution in [0, 0.1) is 6.92 Å². The lowest BCUT2D eigenvalue weighted by atomic mass is 10.2. The van der Waals surface area contributed by atoms with E-state index in [2.05, 4.69) is 4.90 Å². The molecule has 1 amide bonds. The lowest BCUT2D eigenvalue weighted by Crippen LogP contribution is -2.51. The van der Waals surface area contributed by atoms with Gasteiger partial charge >= 0.3 is 0 Å². The average molecular weight is 534 g/mol. The number of carbonyl (C=O) groups is 1. The topological polar surface area (TPSA) is 59.8 Å². The number of anilines is 1. The number of amides is 1. The van der Waals surface area contributed by atoms with Gasteiger partial charge < -0.3 is 9.47 Å². The Labute approximate surface area is 224 Å². The van der Waals surface area contributed by atoms with Crippen LogP contribution in [0.1, 0.15) is 30.7 Å². The van der Waals surface area contributed by atoms with Crippen LogP contribution in [0.15, 0.2) is 54.6 Å². The van der Waals surface area contributed by atoms with E-state index < -0.39 is 0 Å². The van der Waals surface area contributed by atoms with E-state index in [1.165, 1.54) is 0 Å². The van der Waals surface area contributed by atoms with Crippen LogP contribution < -0.4 is 9.64 Å². The molecule has 0 unspecified atom stereocenters. The third-order valence-electron chi connectivity index (χ3n) is 5.98. The predicted octanol–water partition coefficient (Wildman–Crippen LogP) is 4.97. The molecule has 2 heterocycles. The molecule has 1 aliphatic rings. The van der Waals surface area contributed by atoms with E-state index in [9.17, 15) is 4.79 Å². The van der Waals surface area contributed by atoms with Crippen LogP contribution in [-0.4, -0.2) is 59.5 Å². The molecule has 4 rings (SSSR count). The number of rotatable bonds is 10. The second-order valence-electron chi connectivity index (χ2n) is 9.07. The minimum Gasteiger partial charge on any atom is -0.489 e. The van der Waals surface area contributed by atoms with E-state index in [1.807, 2.05) is 80.1 Å². The Hall–Kier alpha value is -2.58. The Kier molecular flexibility index (Phi) is 10.2. The molecule has 1 aliphatic heterocycles. The van der Waals surface area contributed by atoms with Gasteiger partial charge in [0.05, 0.1) is 25.8 Å². The van der Waals surface area contributed by atoms with E-state index in [1.54, 1.807) is 4.90 Å². The predicted molar refractivity (Wildman–Crippen MR) is 145 cm³/mol. The Morgan fingerprint density at radius 2 is 1.86 bits per heavy atom. The average Bonchev–Trinajstić information content (AvgIpc) is 3.19. The molecule has 0 radical (unpaired) electrons. The Balaban J connectivity index is 0.00000361. The van der Waals surface area contributed by atoms with Crippen LogP contribution >= 0.6 is 24.0 Å². The van der Waals surface area contributed by atoms with Crippen molar-refractivity contribution in [1.82, 2.24) is 14.7 Å². The number of carbonyl (C=O) groups excluding carboxylic acids is 1. The minimum absolute atomic E-state index is 0. The van der Waals surface area contributed by atoms with Crippen molar-refractivity contribution >= 4 is 35.7 Å². The second-order valence-corrected chi connectivity index (χ2v) is 9.51. The highest BCUT2D eigenvalue weighted by Gasteiger charge is 2.27. The van der Waals surface area contributed by atoms with Crippen LogP contribution in [0.2, 0.25) is 5.02 Å². The standard InChI is InChI=1S/C27H33ClN4O3.ClH/c1-20(2)34-14-13-30-11-12-31(27(33)18-30)26-15-21(3)32(29-26)17-23-16-24(28)9-10-25(23)35-19-22-7-5-4-6-8-22;/h4-10,15-16,20H,11-14,17-19H2,1-3H3;1H.